The molecule has 0 spiro atoms. The Hall–Kier alpha value is -1.67. The average molecular weight is 374 g/mol. The number of nitrogens with zero attached hydrogens (tertiary/aromatic N) is 1. The van der Waals surface area contributed by atoms with Crippen molar-refractivity contribution in [3.8, 4) is 0 Å². The van der Waals surface area contributed by atoms with Crippen molar-refractivity contribution in [2.45, 2.75) is 0 Å². The molecule has 0 atom stereocenters. The maximum absolute atomic E-state index is 12.1. The second kappa shape index (κ2) is 8.26. The Kier molecular flexibility index (Phi) is 6.35. The van der Waals surface area contributed by atoms with Gasteiger partial charge in [0.2, 0.25) is 0 Å². The van der Waals surface area contributed by atoms with E-state index in [9.17, 15) is 9.59 Å². The predicted molar refractivity (Wildman–Crippen MR) is 90.7 cm³/mol. The van der Waals surface area contributed by atoms with Crippen LogP contribution in [0.25, 0.3) is 0 Å². The molecule has 9 heteroatoms. The highest BCUT2D eigenvalue weighted by atomic mass is 35.5. The molecule has 1 heterocycles. The zero-order valence-electron chi connectivity index (χ0n) is 12.1. The molecule has 0 radical (unpaired) electrons. The zero-order valence-corrected chi connectivity index (χ0v) is 14.4. The summed E-state index contributed by atoms with van der Waals surface area (Å²) in [6.07, 6.45) is 0. The first-order chi connectivity index (χ1) is 11.0. The summed E-state index contributed by atoms with van der Waals surface area (Å²) in [4.78, 5) is 28.0. The van der Waals surface area contributed by atoms with Crippen molar-refractivity contribution in [1.29, 1.82) is 0 Å². The molecule has 0 saturated carbocycles. The highest BCUT2D eigenvalue weighted by Gasteiger charge is 2.15. The first kappa shape index (κ1) is 17.7. The van der Waals surface area contributed by atoms with Crippen LogP contribution in [0.4, 0.5) is 5.13 Å². The van der Waals surface area contributed by atoms with E-state index in [0.29, 0.717) is 23.3 Å². The van der Waals surface area contributed by atoms with Gasteiger partial charge >= 0.3 is 0 Å². The number of carbonyl (C=O) groups is 2. The fourth-order valence-corrected chi connectivity index (χ4v) is 2.81. The third-order valence-corrected chi connectivity index (χ3v) is 4.03. The quantitative estimate of drug-likeness (QED) is 0.762. The lowest BCUT2D eigenvalue weighted by molar-refractivity contribution is 0.0931. The molecule has 23 heavy (non-hydrogen) atoms. The summed E-state index contributed by atoms with van der Waals surface area (Å²) in [6.45, 7) is 0.795. The van der Waals surface area contributed by atoms with Crippen LogP contribution in [-0.4, -0.2) is 37.1 Å². The number of thiazole rings is 1. The maximum atomic E-state index is 12.1. The first-order valence-electron chi connectivity index (χ1n) is 6.50. The molecule has 2 aromatic rings. The summed E-state index contributed by atoms with van der Waals surface area (Å²) in [6, 6.07) is 4.57. The molecule has 1 aromatic heterocycles. The van der Waals surface area contributed by atoms with Crippen molar-refractivity contribution in [1.82, 2.24) is 10.3 Å². The van der Waals surface area contributed by atoms with Crippen molar-refractivity contribution in [3.05, 3.63) is 44.9 Å². The number of halogens is 2. The van der Waals surface area contributed by atoms with Crippen molar-refractivity contribution in [2.24, 2.45) is 0 Å². The van der Waals surface area contributed by atoms with Crippen LogP contribution >= 0.6 is 34.5 Å². The Morgan fingerprint density at radius 2 is 2.09 bits per heavy atom. The van der Waals surface area contributed by atoms with Crippen LogP contribution in [0.3, 0.4) is 0 Å². The number of methoxy groups -OCH3 is 1. The van der Waals surface area contributed by atoms with E-state index < -0.39 is 5.91 Å². The minimum Gasteiger partial charge on any atom is -0.383 e. The van der Waals surface area contributed by atoms with Crippen LogP contribution in [0.2, 0.25) is 10.0 Å². The van der Waals surface area contributed by atoms with E-state index in [-0.39, 0.29) is 22.2 Å². The lowest BCUT2D eigenvalue weighted by Crippen LogP contribution is -2.27. The van der Waals surface area contributed by atoms with Crippen LogP contribution in [-0.2, 0) is 4.74 Å². The lowest BCUT2D eigenvalue weighted by Gasteiger charge is -2.04. The van der Waals surface area contributed by atoms with Gasteiger partial charge in [0, 0.05) is 24.1 Å². The molecule has 0 fully saturated rings. The van der Waals surface area contributed by atoms with E-state index in [0.717, 1.165) is 11.3 Å². The van der Waals surface area contributed by atoms with E-state index in [4.69, 9.17) is 27.9 Å². The summed E-state index contributed by atoms with van der Waals surface area (Å²) in [5, 5.41) is 7.78. The molecular weight excluding hydrogens is 361 g/mol. The van der Waals surface area contributed by atoms with Crippen molar-refractivity contribution in [2.75, 3.05) is 25.6 Å². The summed E-state index contributed by atoms with van der Waals surface area (Å²) >= 11 is 12.9. The van der Waals surface area contributed by atoms with Crippen molar-refractivity contribution < 1.29 is 14.3 Å². The monoisotopic (exact) mass is 373 g/mol. The topological polar surface area (TPSA) is 80.3 Å². The SMILES string of the molecule is COCCNC(=O)c1csc(NC(=O)c2ccc(Cl)cc2Cl)n1. The van der Waals surface area contributed by atoms with Crippen molar-refractivity contribution in [3.63, 3.8) is 0 Å². The van der Waals surface area contributed by atoms with Crippen LogP contribution in [0.1, 0.15) is 20.8 Å². The molecule has 122 valence electrons. The molecule has 2 rings (SSSR count). The van der Waals surface area contributed by atoms with Crippen LogP contribution in [0.5, 0.6) is 0 Å². The standard InChI is InChI=1S/C14H13Cl2N3O3S/c1-22-5-4-17-13(21)11-7-23-14(18-11)19-12(20)9-3-2-8(15)6-10(9)16/h2-3,6-7H,4-5H2,1H3,(H,17,21)(H,18,19,20). The summed E-state index contributed by atoms with van der Waals surface area (Å²) in [5.74, 6) is -0.754. The third kappa shape index (κ3) is 4.90. The van der Waals surface area contributed by atoms with E-state index in [1.807, 2.05) is 0 Å². The Bertz CT molecular complexity index is 721. The summed E-state index contributed by atoms with van der Waals surface area (Å²) in [5.41, 5.74) is 0.501. The summed E-state index contributed by atoms with van der Waals surface area (Å²) in [7, 11) is 1.55. The van der Waals surface area contributed by atoms with Gasteiger partial charge in [0.15, 0.2) is 5.13 Å². The highest BCUT2D eigenvalue weighted by Crippen LogP contribution is 2.23. The molecular formula is C14H13Cl2N3O3S. The molecule has 0 aliphatic rings. The third-order valence-electron chi connectivity index (χ3n) is 2.72. The predicted octanol–water partition coefficient (Wildman–Crippen LogP) is 3.08. The Morgan fingerprint density at radius 3 is 2.78 bits per heavy atom. The normalized spacial score (nSPS) is 10.4. The number of carbonyl (C=O) groups excluding carboxylic acids is 2. The molecule has 2 amide bonds. The smallest absolute Gasteiger partial charge is 0.270 e. The number of rotatable bonds is 6. The Morgan fingerprint density at radius 1 is 1.30 bits per heavy atom. The van der Waals surface area contributed by atoms with Crippen LogP contribution < -0.4 is 10.6 Å². The molecule has 1 aromatic carbocycles. The van der Waals surface area contributed by atoms with E-state index in [2.05, 4.69) is 15.6 Å². The number of hydrogen-bond acceptors (Lipinski definition) is 5. The molecule has 6 nitrogen and oxygen atoms in total. The zero-order chi connectivity index (χ0) is 16.8. The van der Waals surface area contributed by atoms with Gasteiger partial charge in [-0.2, -0.15) is 0 Å². The van der Waals surface area contributed by atoms with Gasteiger partial charge in [-0.05, 0) is 18.2 Å². The summed E-state index contributed by atoms with van der Waals surface area (Å²) < 4.78 is 4.84. The molecule has 0 saturated heterocycles. The highest BCUT2D eigenvalue weighted by molar-refractivity contribution is 7.14. The van der Waals surface area contributed by atoms with Gasteiger partial charge in [-0.1, -0.05) is 23.2 Å². The van der Waals surface area contributed by atoms with Gasteiger partial charge in [0.05, 0.1) is 17.2 Å². The van der Waals surface area contributed by atoms with Gasteiger partial charge < -0.3 is 10.1 Å². The average Bonchev–Trinajstić information content (AvgIpc) is 2.95. The van der Waals surface area contributed by atoms with Gasteiger partial charge in [-0.3, -0.25) is 14.9 Å². The van der Waals surface area contributed by atoms with Crippen molar-refractivity contribution >= 4 is 51.5 Å². The van der Waals surface area contributed by atoms with Gasteiger partial charge in [-0.15, -0.1) is 11.3 Å². The van der Waals surface area contributed by atoms with E-state index >= 15 is 0 Å². The molecule has 0 aliphatic heterocycles. The fraction of sp³-hybridized carbons (Fsp3) is 0.214. The minimum atomic E-state index is -0.424. The number of hydrogen-bond donors (Lipinski definition) is 2. The van der Waals surface area contributed by atoms with Crippen LogP contribution in [0.15, 0.2) is 23.6 Å². The van der Waals surface area contributed by atoms with E-state index in [1.54, 1.807) is 18.6 Å². The number of ether oxygens (including phenoxy) is 1. The number of aromatic nitrogens is 1. The van der Waals surface area contributed by atoms with Gasteiger partial charge in [0.25, 0.3) is 11.8 Å². The first-order valence-corrected chi connectivity index (χ1v) is 8.14. The second-order valence-corrected chi connectivity index (χ2v) is 6.07. The number of anilines is 1. The molecule has 0 bridgehead atoms. The van der Waals surface area contributed by atoms with Gasteiger partial charge in [-0.25, -0.2) is 4.98 Å². The number of benzene rings is 1. The fourth-order valence-electron chi connectivity index (χ4n) is 1.63. The largest absolute Gasteiger partial charge is 0.383 e. The minimum absolute atomic E-state index is 0.226. The Labute approximate surface area is 146 Å². The molecule has 0 aliphatic carbocycles. The number of amides is 2. The lowest BCUT2D eigenvalue weighted by atomic mass is 10.2. The van der Waals surface area contributed by atoms with Crippen LogP contribution in [0, 0.1) is 0 Å². The number of nitrogens with one attached hydrogen (secondary N) is 2. The molecule has 2 N–H and O–H groups in total. The maximum Gasteiger partial charge on any atom is 0.270 e. The van der Waals surface area contributed by atoms with Gasteiger partial charge in [0.1, 0.15) is 5.69 Å². The second-order valence-electron chi connectivity index (χ2n) is 4.36. The Balaban J connectivity index is 2.01. The van der Waals surface area contributed by atoms with E-state index in [1.165, 1.54) is 12.1 Å². The molecule has 0 unspecified atom stereocenters.